The third kappa shape index (κ3) is 3.13. The maximum absolute atomic E-state index is 11.2. The average Bonchev–Trinajstić information content (AvgIpc) is 2.82. The van der Waals surface area contributed by atoms with Crippen LogP contribution in [0.5, 0.6) is 5.75 Å². The number of carbonyl (C=O) groups is 1. The van der Waals surface area contributed by atoms with Gasteiger partial charge in [-0.1, -0.05) is 0 Å². The highest BCUT2D eigenvalue weighted by molar-refractivity contribution is 5.96. The molecule has 0 bridgehead atoms. The Bertz CT molecular complexity index is 428. The van der Waals surface area contributed by atoms with E-state index in [4.69, 9.17) is 16.2 Å². The van der Waals surface area contributed by atoms with Crippen LogP contribution in [0.15, 0.2) is 18.2 Å². The fraction of sp³-hybridized carbons (Fsp3) is 0.462. The van der Waals surface area contributed by atoms with Crippen molar-refractivity contribution in [3.63, 3.8) is 0 Å². The second-order valence-electron chi connectivity index (χ2n) is 4.52. The summed E-state index contributed by atoms with van der Waals surface area (Å²) in [6, 6.07) is 4.89. The Morgan fingerprint density at radius 1 is 1.33 bits per heavy atom. The van der Waals surface area contributed by atoms with Gasteiger partial charge in [-0.25, -0.2) is 0 Å². The van der Waals surface area contributed by atoms with E-state index in [1.807, 2.05) is 0 Å². The Morgan fingerprint density at radius 3 is 2.72 bits per heavy atom. The summed E-state index contributed by atoms with van der Waals surface area (Å²) >= 11 is 0. The second kappa shape index (κ2) is 5.73. The Hall–Kier alpha value is -1.75. The molecule has 2 rings (SSSR count). The lowest BCUT2D eigenvalue weighted by molar-refractivity contribution is 0.0996. The summed E-state index contributed by atoms with van der Waals surface area (Å²) in [5.41, 5.74) is 11.9. The summed E-state index contributed by atoms with van der Waals surface area (Å²) in [7, 11) is 0. The molecule has 0 atom stereocenters. The van der Waals surface area contributed by atoms with Gasteiger partial charge in [0.05, 0.1) is 5.56 Å². The van der Waals surface area contributed by atoms with Crippen LogP contribution >= 0.6 is 0 Å². The van der Waals surface area contributed by atoms with Gasteiger partial charge in [0.1, 0.15) is 12.4 Å². The molecule has 1 aliphatic rings. The Labute approximate surface area is 107 Å². The predicted molar refractivity (Wildman–Crippen MR) is 70.5 cm³/mol. The van der Waals surface area contributed by atoms with Crippen molar-refractivity contribution in [1.82, 2.24) is 4.90 Å². The molecule has 0 saturated carbocycles. The van der Waals surface area contributed by atoms with Gasteiger partial charge in [0.15, 0.2) is 0 Å². The molecule has 1 aliphatic heterocycles. The summed E-state index contributed by atoms with van der Waals surface area (Å²) in [5, 5.41) is 0. The minimum absolute atomic E-state index is 0.380. The summed E-state index contributed by atoms with van der Waals surface area (Å²) < 4.78 is 5.62. The van der Waals surface area contributed by atoms with E-state index in [0.29, 0.717) is 23.6 Å². The first-order valence-electron chi connectivity index (χ1n) is 6.21. The number of rotatable bonds is 5. The van der Waals surface area contributed by atoms with Gasteiger partial charge in [0, 0.05) is 18.3 Å². The van der Waals surface area contributed by atoms with Crippen molar-refractivity contribution in [2.45, 2.75) is 12.8 Å². The van der Waals surface area contributed by atoms with Crippen molar-refractivity contribution in [1.29, 1.82) is 0 Å². The van der Waals surface area contributed by atoms with Crippen LogP contribution in [0.1, 0.15) is 23.2 Å². The van der Waals surface area contributed by atoms with Gasteiger partial charge in [0.2, 0.25) is 0 Å². The fourth-order valence-electron chi connectivity index (χ4n) is 2.15. The van der Waals surface area contributed by atoms with Gasteiger partial charge < -0.3 is 16.2 Å². The zero-order valence-electron chi connectivity index (χ0n) is 10.4. The molecule has 1 heterocycles. The van der Waals surface area contributed by atoms with Crippen LogP contribution in [-0.2, 0) is 0 Å². The average molecular weight is 249 g/mol. The van der Waals surface area contributed by atoms with Crippen molar-refractivity contribution in [3.05, 3.63) is 23.8 Å². The van der Waals surface area contributed by atoms with E-state index >= 15 is 0 Å². The number of primary amides is 1. The number of nitrogen functional groups attached to an aromatic ring is 1. The summed E-state index contributed by atoms with van der Waals surface area (Å²) in [6.07, 6.45) is 2.51. The van der Waals surface area contributed by atoms with E-state index in [-0.39, 0.29) is 0 Å². The number of nitrogens with zero attached hydrogens (tertiary/aromatic N) is 1. The molecule has 1 aromatic rings. The molecular formula is C13H19N3O2. The van der Waals surface area contributed by atoms with Gasteiger partial charge in [-0.2, -0.15) is 0 Å². The number of amides is 1. The standard InChI is InChI=1S/C13H19N3O2/c14-10-3-4-11(13(15)17)12(9-10)18-8-7-16-5-1-2-6-16/h3-4,9H,1-2,5-8,14H2,(H2,15,17). The smallest absolute Gasteiger partial charge is 0.252 e. The van der Waals surface area contributed by atoms with Gasteiger partial charge in [-0.05, 0) is 38.1 Å². The van der Waals surface area contributed by atoms with Crippen LogP contribution in [0.25, 0.3) is 0 Å². The molecule has 1 aromatic carbocycles. The number of benzene rings is 1. The van der Waals surface area contributed by atoms with Crippen molar-refractivity contribution in [3.8, 4) is 5.75 Å². The predicted octanol–water partition coefficient (Wildman–Crippen LogP) is 0.842. The lowest BCUT2D eigenvalue weighted by Gasteiger charge is -2.16. The quantitative estimate of drug-likeness (QED) is 0.758. The van der Waals surface area contributed by atoms with E-state index in [1.54, 1.807) is 18.2 Å². The van der Waals surface area contributed by atoms with E-state index in [0.717, 1.165) is 19.6 Å². The molecule has 4 N–H and O–H groups in total. The molecule has 1 fully saturated rings. The zero-order valence-corrected chi connectivity index (χ0v) is 10.4. The number of hydrogen-bond donors (Lipinski definition) is 2. The molecule has 18 heavy (non-hydrogen) atoms. The second-order valence-corrected chi connectivity index (χ2v) is 4.52. The van der Waals surface area contributed by atoms with E-state index in [1.165, 1.54) is 12.8 Å². The zero-order chi connectivity index (χ0) is 13.0. The molecule has 5 heteroatoms. The molecule has 5 nitrogen and oxygen atoms in total. The number of nitrogens with two attached hydrogens (primary N) is 2. The topological polar surface area (TPSA) is 81.6 Å². The van der Waals surface area contributed by atoms with Gasteiger partial charge in [-0.3, -0.25) is 9.69 Å². The summed E-state index contributed by atoms with van der Waals surface area (Å²) in [5.74, 6) is -0.0205. The van der Waals surface area contributed by atoms with E-state index < -0.39 is 5.91 Å². The number of hydrogen-bond acceptors (Lipinski definition) is 4. The highest BCUT2D eigenvalue weighted by Crippen LogP contribution is 2.21. The molecule has 0 aliphatic carbocycles. The molecule has 1 amide bonds. The van der Waals surface area contributed by atoms with Crippen LogP contribution in [0.4, 0.5) is 5.69 Å². The molecule has 1 saturated heterocycles. The van der Waals surface area contributed by atoms with Crippen LogP contribution in [-0.4, -0.2) is 37.0 Å². The summed E-state index contributed by atoms with van der Waals surface area (Å²) in [6.45, 7) is 3.67. The highest BCUT2D eigenvalue weighted by atomic mass is 16.5. The Morgan fingerprint density at radius 2 is 2.06 bits per heavy atom. The fourth-order valence-corrected chi connectivity index (χ4v) is 2.15. The normalized spacial score (nSPS) is 15.8. The maximum atomic E-state index is 11.2. The van der Waals surface area contributed by atoms with Crippen molar-refractivity contribution < 1.29 is 9.53 Å². The van der Waals surface area contributed by atoms with Crippen molar-refractivity contribution in [2.75, 3.05) is 32.0 Å². The van der Waals surface area contributed by atoms with Gasteiger partial charge >= 0.3 is 0 Å². The molecule has 0 aromatic heterocycles. The number of anilines is 1. The van der Waals surface area contributed by atoms with Crippen molar-refractivity contribution in [2.24, 2.45) is 5.73 Å². The molecular weight excluding hydrogens is 230 g/mol. The van der Waals surface area contributed by atoms with Crippen LogP contribution in [0.3, 0.4) is 0 Å². The monoisotopic (exact) mass is 249 g/mol. The van der Waals surface area contributed by atoms with E-state index in [2.05, 4.69) is 4.90 Å². The number of likely N-dealkylation sites (tertiary alicyclic amines) is 1. The lowest BCUT2D eigenvalue weighted by Crippen LogP contribution is -2.25. The first kappa shape index (κ1) is 12.7. The molecule has 0 radical (unpaired) electrons. The molecule has 98 valence electrons. The largest absolute Gasteiger partial charge is 0.491 e. The summed E-state index contributed by atoms with van der Waals surface area (Å²) in [4.78, 5) is 13.6. The van der Waals surface area contributed by atoms with Crippen LogP contribution in [0.2, 0.25) is 0 Å². The minimum atomic E-state index is -0.494. The number of ether oxygens (including phenoxy) is 1. The molecule has 0 unspecified atom stereocenters. The highest BCUT2D eigenvalue weighted by Gasteiger charge is 2.13. The molecule has 0 spiro atoms. The minimum Gasteiger partial charge on any atom is -0.491 e. The Kier molecular flexibility index (Phi) is 4.04. The van der Waals surface area contributed by atoms with Gasteiger partial charge in [-0.15, -0.1) is 0 Å². The SMILES string of the molecule is NC(=O)c1ccc(N)cc1OCCN1CCCC1. The third-order valence-electron chi connectivity index (χ3n) is 3.13. The first-order valence-corrected chi connectivity index (χ1v) is 6.21. The van der Waals surface area contributed by atoms with Crippen LogP contribution < -0.4 is 16.2 Å². The third-order valence-corrected chi connectivity index (χ3v) is 3.13. The lowest BCUT2D eigenvalue weighted by atomic mass is 10.2. The maximum Gasteiger partial charge on any atom is 0.252 e. The Balaban J connectivity index is 1.94. The van der Waals surface area contributed by atoms with E-state index in [9.17, 15) is 4.79 Å². The first-order chi connectivity index (χ1) is 8.66. The van der Waals surface area contributed by atoms with Crippen LogP contribution in [0, 0.1) is 0 Å². The number of carbonyl (C=O) groups excluding carboxylic acids is 1. The van der Waals surface area contributed by atoms with Gasteiger partial charge in [0.25, 0.3) is 5.91 Å². The van der Waals surface area contributed by atoms with Crippen molar-refractivity contribution >= 4 is 11.6 Å².